The van der Waals surface area contributed by atoms with E-state index in [1.54, 1.807) is 0 Å². The molecule has 0 bridgehead atoms. The summed E-state index contributed by atoms with van der Waals surface area (Å²) in [4.78, 5) is 21.5. The normalized spacial score (nSPS) is 15.3. The minimum absolute atomic E-state index is 0.00135. The maximum atomic E-state index is 12.0. The second-order valence-corrected chi connectivity index (χ2v) is 5.24. The van der Waals surface area contributed by atoms with E-state index >= 15 is 0 Å². The molecule has 0 saturated carbocycles. The Morgan fingerprint density at radius 1 is 1.45 bits per heavy atom. The summed E-state index contributed by atoms with van der Waals surface area (Å²) >= 11 is 0. The Hall–Kier alpha value is -1.95. The molecule has 2 aromatic heterocycles. The lowest BCUT2D eigenvalue weighted by Crippen LogP contribution is -2.35. The van der Waals surface area contributed by atoms with Crippen molar-refractivity contribution in [2.75, 3.05) is 6.54 Å². The van der Waals surface area contributed by atoms with E-state index in [-0.39, 0.29) is 5.56 Å². The molecular formula is C14H19N5O. The zero-order chi connectivity index (χ0) is 14.1. The van der Waals surface area contributed by atoms with Gasteiger partial charge in [0.05, 0.1) is 17.5 Å². The summed E-state index contributed by atoms with van der Waals surface area (Å²) in [5, 5.41) is 4.28. The molecule has 6 heteroatoms. The Balaban J connectivity index is 1.77. The Morgan fingerprint density at radius 2 is 2.30 bits per heavy atom. The highest BCUT2D eigenvalue weighted by atomic mass is 16.1. The average Bonchev–Trinajstić information content (AvgIpc) is 2.87. The lowest BCUT2D eigenvalue weighted by atomic mass is 10.1. The third kappa shape index (κ3) is 2.51. The first-order chi connectivity index (χ1) is 9.65. The second kappa shape index (κ2) is 5.20. The minimum Gasteiger partial charge on any atom is -0.310 e. The van der Waals surface area contributed by atoms with E-state index in [1.165, 1.54) is 5.56 Å². The van der Waals surface area contributed by atoms with Crippen LogP contribution in [-0.2, 0) is 26.1 Å². The Morgan fingerprint density at radius 3 is 3.05 bits per heavy atom. The molecule has 1 aliphatic rings. The van der Waals surface area contributed by atoms with Crippen LogP contribution < -0.4 is 5.56 Å². The molecule has 0 unspecified atom stereocenters. The lowest BCUT2D eigenvalue weighted by Gasteiger charge is -2.27. The largest absolute Gasteiger partial charge is 0.310 e. The summed E-state index contributed by atoms with van der Waals surface area (Å²) in [5.41, 5.74) is 2.95. The number of nitrogens with one attached hydrogen (secondary N) is 1. The SMILES string of the molecule is CCn1cc(CN2CCc3nc(C)[nH]c(=O)c3C2)cn1. The van der Waals surface area contributed by atoms with Gasteiger partial charge in [0, 0.05) is 44.4 Å². The molecule has 0 fully saturated rings. The molecule has 6 nitrogen and oxygen atoms in total. The van der Waals surface area contributed by atoms with Gasteiger partial charge in [-0.3, -0.25) is 14.4 Å². The van der Waals surface area contributed by atoms with Gasteiger partial charge in [-0.05, 0) is 13.8 Å². The predicted octanol–water partition coefficient (Wildman–Crippen LogP) is 0.853. The van der Waals surface area contributed by atoms with Gasteiger partial charge in [0.1, 0.15) is 5.82 Å². The summed E-state index contributed by atoms with van der Waals surface area (Å²) < 4.78 is 1.92. The summed E-state index contributed by atoms with van der Waals surface area (Å²) in [6, 6.07) is 0. The molecule has 2 aromatic rings. The smallest absolute Gasteiger partial charge is 0.255 e. The molecule has 3 heterocycles. The molecule has 1 N–H and O–H groups in total. The lowest BCUT2D eigenvalue weighted by molar-refractivity contribution is 0.241. The highest BCUT2D eigenvalue weighted by Gasteiger charge is 2.20. The van der Waals surface area contributed by atoms with Crippen LogP contribution in [0.15, 0.2) is 17.2 Å². The molecule has 0 radical (unpaired) electrons. The van der Waals surface area contributed by atoms with Gasteiger partial charge in [-0.2, -0.15) is 5.10 Å². The van der Waals surface area contributed by atoms with E-state index in [9.17, 15) is 4.79 Å². The number of hydrogen-bond donors (Lipinski definition) is 1. The van der Waals surface area contributed by atoms with E-state index in [0.29, 0.717) is 12.4 Å². The van der Waals surface area contributed by atoms with Crippen molar-refractivity contribution in [2.24, 2.45) is 0 Å². The van der Waals surface area contributed by atoms with Crippen molar-refractivity contribution in [3.05, 3.63) is 45.4 Å². The van der Waals surface area contributed by atoms with Crippen molar-refractivity contribution in [3.8, 4) is 0 Å². The number of aromatic nitrogens is 4. The number of hydrogen-bond acceptors (Lipinski definition) is 4. The number of aryl methyl sites for hydroxylation is 2. The molecule has 106 valence electrons. The molecule has 0 saturated heterocycles. The van der Waals surface area contributed by atoms with E-state index in [4.69, 9.17) is 0 Å². The minimum atomic E-state index is 0.00135. The van der Waals surface area contributed by atoms with Crippen LogP contribution in [0.4, 0.5) is 0 Å². The molecule has 0 amide bonds. The fourth-order valence-electron chi connectivity index (χ4n) is 2.66. The van der Waals surface area contributed by atoms with Crippen LogP contribution in [0.25, 0.3) is 0 Å². The van der Waals surface area contributed by atoms with Crippen LogP contribution in [0, 0.1) is 6.92 Å². The topological polar surface area (TPSA) is 66.8 Å². The van der Waals surface area contributed by atoms with E-state index in [2.05, 4.69) is 33.1 Å². The Labute approximate surface area is 117 Å². The summed E-state index contributed by atoms with van der Waals surface area (Å²) in [7, 11) is 0. The van der Waals surface area contributed by atoms with Crippen molar-refractivity contribution >= 4 is 0 Å². The maximum absolute atomic E-state index is 12.0. The first-order valence-corrected chi connectivity index (χ1v) is 6.98. The van der Waals surface area contributed by atoms with Gasteiger partial charge in [0.15, 0.2) is 0 Å². The average molecular weight is 273 g/mol. The highest BCUT2D eigenvalue weighted by Crippen LogP contribution is 2.16. The van der Waals surface area contributed by atoms with E-state index in [1.807, 2.05) is 17.8 Å². The third-order valence-corrected chi connectivity index (χ3v) is 3.68. The molecule has 20 heavy (non-hydrogen) atoms. The first kappa shape index (κ1) is 13.1. The van der Waals surface area contributed by atoms with E-state index < -0.39 is 0 Å². The molecule has 0 aliphatic carbocycles. The maximum Gasteiger partial charge on any atom is 0.255 e. The van der Waals surface area contributed by atoms with Gasteiger partial charge in [0.25, 0.3) is 5.56 Å². The predicted molar refractivity (Wildman–Crippen MR) is 75.3 cm³/mol. The molecule has 1 aliphatic heterocycles. The summed E-state index contributed by atoms with van der Waals surface area (Å²) in [6.07, 6.45) is 4.80. The molecule has 0 atom stereocenters. The van der Waals surface area contributed by atoms with Crippen molar-refractivity contribution in [1.29, 1.82) is 0 Å². The number of fused-ring (bicyclic) bond motifs is 1. The van der Waals surface area contributed by atoms with Gasteiger partial charge >= 0.3 is 0 Å². The zero-order valence-corrected chi connectivity index (χ0v) is 11.9. The van der Waals surface area contributed by atoms with Gasteiger partial charge in [-0.1, -0.05) is 0 Å². The van der Waals surface area contributed by atoms with Gasteiger partial charge in [-0.25, -0.2) is 4.98 Å². The van der Waals surface area contributed by atoms with Crippen LogP contribution in [0.3, 0.4) is 0 Å². The first-order valence-electron chi connectivity index (χ1n) is 6.98. The van der Waals surface area contributed by atoms with E-state index in [0.717, 1.165) is 37.3 Å². The molecule has 3 rings (SSSR count). The van der Waals surface area contributed by atoms with Crippen LogP contribution in [0.5, 0.6) is 0 Å². The van der Waals surface area contributed by atoms with Crippen molar-refractivity contribution in [1.82, 2.24) is 24.6 Å². The molecular weight excluding hydrogens is 254 g/mol. The Bertz CT molecular complexity index is 672. The zero-order valence-electron chi connectivity index (χ0n) is 11.9. The number of H-pyrrole nitrogens is 1. The molecule has 0 spiro atoms. The van der Waals surface area contributed by atoms with Crippen molar-refractivity contribution in [3.63, 3.8) is 0 Å². The third-order valence-electron chi connectivity index (χ3n) is 3.68. The monoisotopic (exact) mass is 273 g/mol. The van der Waals surface area contributed by atoms with Gasteiger partial charge in [0.2, 0.25) is 0 Å². The van der Waals surface area contributed by atoms with Crippen LogP contribution in [0.1, 0.15) is 29.6 Å². The summed E-state index contributed by atoms with van der Waals surface area (Å²) in [5.74, 6) is 0.700. The van der Waals surface area contributed by atoms with Crippen LogP contribution >= 0.6 is 0 Å². The van der Waals surface area contributed by atoms with Gasteiger partial charge < -0.3 is 4.98 Å². The number of aromatic amines is 1. The summed E-state index contributed by atoms with van der Waals surface area (Å²) in [6.45, 7) is 7.20. The quantitative estimate of drug-likeness (QED) is 0.900. The Kier molecular flexibility index (Phi) is 3.40. The second-order valence-electron chi connectivity index (χ2n) is 5.24. The highest BCUT2D eigenvalue weighted by molar-refractivity contribution is 5.21. The van der Waals surface area contributed by atoms with Crippen molar-refractivity contribution < 1.29 is 0 Å². The van der Waals surface area contributed by atoms with Gasteiger partial charge in [-0.15, -0.1) is 0 Å². The number of rotatable bonds is 3. The fourth-order valence-corrected chi connectivity index (χ4v) is 2.66. The molecule has 0 aromatic carbocycles. The van der Waals surface area contributed by atoms with Crippen molar-refractivity contribution in [2.45, 2.75) is 39.9 Å². The number of nitrogens with zero attached hydrogens (tertiary/aromatic N) is 4. The fraction of sp³-hybridized carbons (Fsp3) is 0.500. The standard InChI is InChI=1S/C14H19N5O/c1-3-19-8-11(6-15-19)7-18-5-4-13-12(9-18)14(20)17-10(2)16-13/h6,8H,3-5,7,9H2,1-2H3,(H,16,17,20). The van der Waals surface area contributed by atoms with Crippen LogP contribution in [0.2, 0.25) is 0 Å². The van der Waals surface area contributed by atoms with Crippen LogP contribution in [-0.4, -0.2) is 31.2 Å².